The molecule has 1 aromatic carbocycles. The van der Waals surface area contributed by atoms with Gasteiger partial charge in [0.25, 0.3) is 0 Å². The Kier molecular flexibility index (Phi) is 3.50. The zero-order valence-corrected chi connectivity index (χ0v) is 12.3. The maximum absolute atomic E-state index is 5.62. The molecule has 0 aliphatic rings. The maximum Gasteiger partial charge on any atom is 0.131 e. The summed E-state index contributed by atoms with van der Waals surface area (Å²) in [5.41, 5.74) is 9.01. The topological polar surface area (TPSA) is 63.8 Å². The van der Waals surface area contributed by atoms with Gasteiger partial charge in [0.2, 0.25) is 0 Å². The van der Waals surface area contributed by atoms with Crippen LogP contribution < -0.4 is 11.1 Å². The molecular weight excluding hydrogens is 280 g/mol. The van der Waals surface area contributed by atoms with Crippen molar-refractivity contribution in [2.75, 3.05) is 5.32 Å². The second-order valence-corrected chi connectivity index (χ2v) is 5.17. The minimum absolute atomic E-state index is 0.283. The summed E-state index contributed by atoms with van der Waals surface area (Å²) < 4.78 is 0. The molecule has 104 valence electrons. The average molecular weight is 294 g/mol. The molecule has 0 aliphatic heterocycles. The van der Waals surface area contributed by atoms with Gasteiger partial charge in [-0.1, -0.05) is 36.5 Å². The van der Waals surface area contributed by atoms with Crippen LogP contribution in [0.25, 0.3) is 10.9 Å². The number of nitrogens with one attached hydrogen (secondary N) is 1. The van der Waals surface area contributed by atoms with E-state index in [9.17, 15) is 0 Å². The first-order valence-corrected chi connectivity index (χ1v) is 6.94. The lowest BCUT2D eigenvalue weighted by atomic mass is 10.1. The van der Waals surface area contributed by atoms with Crippen molar-refractivity contribution in [3.63, 3.8) is 0 Å². The van der Waals surface area contributed by atoms with Crippen molar-refractivity contribution < 1.29 is 0 Å². The highest BCUT2D eigenvalue weighted by molar-refractivity contribution is 7.80. The van der Waals surface area contributed by atoms with Gasteiger partial charge in [0.05, 0.1) is 16.9 Å². The van der Waals surface area contributed by atoms with Gasteiger partial charge in [-0.25, -0.2) is 4.98 Å². The molecule has 0 atom stereocenters. The predicted octanol–water partition coefficient (Wildman–Crippen LogP) is 3.32. The molecule has 3 rings (SSSR count). The number of hydrogen-bond donors (Lipinski definition) is 2. The molecule has 0 spiro atoms. The van der Waals surface area contributed by atoms with E-state index in [1.807, 2.05) is 43.3 Å². The van der Waals surface area contributed by atoms with Gasteiger partial charge in [-0.15, -0.1) is 0 Å². The van der Waals surface area contributed by atoms with Crippen molar-refractivity contribution in [1.29, 1.82) is 0 Å². The van der Waals surface area contributed by atoms with E-state index in [0.29, 0.717) is 11.5 Å². The van der Waals surface area contributed by atoms with Crippen LogP contribution in [0.2, 0.25) is 0 Å². The van der Waals surface area contributed by atoms with E-state index in [-0.39, 0.29) is 4.99 Å². The molecule has 4 nitrogen and oxygen atoms in total. The Morgan fingerprint density at radius 3 is 2.67 bits per heavy atom. The van der Waals surface area contributed by atoms with Crippen LogP contribution in [0.15, 0.2) is 48.5 Å². The third-order valence-electron chi connectivity index (χ3n) is 3.12. The quantitative estimate of drug-likeness (QED) is 0.726. The monoisotopic (exact) mass is 294 g/mol. The highest BCUT2D eigenvalue weighted by Gasteiger charge is 2.05. The largest absolute Gasteiger partial charge is 0.388 e. The summed E-state index contributed by atoms with van der Waals surface area (Å²) in [6, 6.07) is 15.6. The normalized spacial score (nSPS) is 10.5. The third kappa shape index (κ3) is 2.83. The smallest absolute Gasteiger partial charge is 0.131 e. The molecule has 3 N–H and O–H groups in total. The van der Waals surface area contributed by atoms with Crippen LogP contribution in [-0.4, -0.2) is 15.0 Å². The van der Waals surface area contributed by atoms with E-state index < -0.39 is 0 Å². The van der Waals surface area contributed by atoms with Crippen molar-refractivity contribution in [2.45, 2.75) is 6.92 Å². The fraction of sp³-hybridized carbons (Fsp3) is 0.0625. The molecule has 0 bridgehead atoms. The lowest BCUT2D eigenvalue weighted by Gasteiger charge is -2.10. The first-order valence-electron chi connectivity index (χ1n) is 6.54. The number of fused-ring (bicyclic) bond motifs is 1. The summed E-state index contributed by atoms with van der Waals surface area (Å²) in [6.07, 6.45) is 0. The summed E-state index contributed by atoms with van der Waals surface area (Å²) in [5, 5.41) is 4.36. The SMILES string of the molecule is Cc1ccc2cccc(Nc3cccc(C(N)=S)n3)c2n1. The number of benzene rings is 1. The number of para-hydroxylation sites is 1. The van der Waals surface area contributed by atoms with E-state index in [2.05, 4.69) is 21.4 Å². The van der Waals surface area contributed by atoms with Crippen molar-refractivity contribution in [1.82, 2.24) is 9.97 Å². The van der Waals surface area contributed by atoms with Gasteiger partial charge in [0, 0.05) is 11.1 Å². The summed E-state index contributed by atoms with van der Waals surface area (Å²) in [4.78, 5) is 9.26. The number of nitrogens with two attached hydrogens (primary N) is 1. The van der Waals surface area contributed by atoms with E-state index in [1.54, 1.807) is 6.07 Å². The molecule has 0 saturated heterocycles. The van der Waals surface area contributed by atoms with Crippen LogP contribution in [0.3, 0.4) is 0 Å². The number of nitrogens with zero attached hydrogens (tertiary/aromatic N) is 2. The standard InChI is InChI=1S/C16H14N4S/c1-10-8-9-11-4-2-5-12(15(11)18-10)19-14-7-3-6-13(20-14)16(17)21/h2-9H,1H3,(H2,17,21)(H,19,20). The number of rotatable bonds is 3. The van der Waals surface area contributed by atoms with Gasteiger partial charge < -0.3 is 11.1 Å². The third-order valence-corrected chi connectivity index (χ3v) is 3.33. The Morgan fingerprint density at radius 1 is 1.05 bits per heavy atom. The van der Waals surface area contributed by atoms with Gasteiger partial charge in [0.1, 0.15) is 10.8 Å². The molecule has 0 radical (unpaired) electrons. The van der Waals surface area contributed by atoms with Crippen molar-refractivity contribution in [3.05, 3.63) is 59.9 Å². The van der Waals surface area contributed by atoms with E-state index in [4.69, 9.17) is 18.0 Å². The summed E-state index contributed by atoms with van der Waals surface area (Å²) in [5.74, 6) is 0.691. The molecule has 0 unspecified atom stereocenters. The number of hydrogen-bond acceptors (Lipinski definition) is 4. The number of aryl methyl sites for hydroxylation is 1. The minimum Gasteiger partial charge on any atom is -0.388 e. The number of anilines is 2. The average Bonchev–Trinajstić information content (AvgIpc) is 2.48. The fourth-order valence-electron chi connectivity index (χ4n) is 2.13. The zero-order valence-electron chi connectivity index (χ0n) is 11.5. The van der Waals surface area contributed by atoms with Crippen molar-refractivity contribution >= 4 is 39.6 Å². The van der Waals surface area contributed by atoms with Gasteiger partial charge in [-0.3, -0.25) is 4.98 Å². The fourth-order valence-corrected chi connectivity index (χ4v) is 2.24. The van der Waals surface area contributed by atoms with Crippen LogP contribution in [0.4, 0.5) is 11.5 Å². The molecule has 0 saturated carbocycles. The van der Waals surface area contributed by atoms with Gasteiger partial charge in [0.15, 0.2) is 0 Å². The number of aromatic nitrogens is 2. The summed E-state index contributed by atoms with van der Waals surface area (Å²) in [7, 11) is 0. The zero-order chi connectivity index (χ0) is 14.8. The van der Waals surface area contributed by atoms with Gasteiger partial charge in [-0.2, -0.15) is 0 Å². The maximum atomic E-state index is 5.62. The molecular formula is C16H14N4S. The Hall–Kier alpha value is -2.53. The molecule has 0 aliphatic carbocycles. The van der Waals surface area contributed by atoms with Crippen molar-refractivity contribution in [3.8, 4) is 0 Å². The summed E-state index contributed by atoms with van der Waals surface area (Å²) in [6.45, 7) is 1.97. The molecule has 2 aromatic heterocycles. The number of pyridine rings is 2. The lowest BCUT2D eigenvalue weighted by Crippen LogP contribution is -2.12. The highest BCUT2D eigenvalue weighted by atomic mass is 32.1. The van der Waals surface area contributed by atoms with Crippen LogP contribution in [0, 0.1) is 6.92 Å². The van der Waals surface area contributed by atoms with E-state index in [1.165, 1.54) is 0 Å². The van der Waals surface area contributed by atoms with Crippen molar-refractivity contribution in [2.24, 2.45) is 5.73 Å². The molecule has 2 heterocycles. The highest BCUT2D eigenvalue weighted by Crippen LogP contribution is 2.24. The van der Waals surface area contributed by atoms with Crippen LogP contribution in [-0.2, 0) is 0 Å². The first kappa shape index (κ1) is 13.5. The number of thiocarbonyl (C=S) groups is 1. The van der Waals surface area contributed by atoms with Crippen LogP contribution in [0.5, 0.6) is 0 Å². The molecule has 0 amide bonds. The van der Waals surface area contributed by atoms with E-state index >= 15 is 0 Å². The van der Waals surface area contributed by atoms with E-state index in [0.717, 1.165) is 22.3 Å². The molecule has 3 aromatic rings. The molecule has 21 heavy (non-hydrogen) atoms. The first-order chi connectivity index (χ1) is 10.1. The minimum atomic E-state index is 0.283. The lowest BCUT2D eigenvalue weighted by molar-refractivity contribution is 1.24. The Bertz CT molecular complexity index is 829. The second-order valence-electron chi connectivity index (χ2n) is 4.73. The Balaban J connectivity index is 2.04. The van der Waals surface area contributed by atoms with Crippen LogP contribution >= 0.6 is 12.2 Å². The molecule has 0 fully saturated rings. The summed E-state index contributed by atoms with van der Waals surface area (Å²) >= 11 is 4.96. The Morgan fingerprint density at radius 2 is 1.86 bits per heavy atom. The Labute approximate surface area is 128 Å². The molecule has 5 heteroatoms. The predicted molar refractivity (Wildman–Crippen MR) is 89.9 cm³/mol. The van der Waals surface area contributed by atoms with Crippen LogP contribution in [0.1, 0.15) is 11.4 Å². The van der Waals surface area contributed by atoms with Gasteiger partial charge >= 0.3 is 0 Å². The second kappa shape index (κ2) is 5.46. The van der Waals surface area contributed by atoms with Gasteiger partial charge in [-0.05, 0) is 31.2 Å².